The van der Waals surface area contributed by atoms with E-state index in [4.69, 9.17) is 5.11 Å². The van der Waals surface area contributed by atoms with Gasteiger partial charge in [0, 0.05) is 11.7 Å². The molecule has 0 fully saturated rings. The van der Waals surface area contributed by atoms with Gasteiger partial charge in [-0.05, 0) is 55.3 Å². The van der Waals surface area contributed by atoms with Gasteiger partial charge in [0.05, 0.1) is 6.10 Å². The first-order chi connectivity index (χ1) is 12.0. The standard InChI is InChI=1S/C19H24N2O4/c1-13(19(25)15-4-8-17(22)9-5-15)20-11-10-14-2-6-16(7-3-14)21-12-18(23)24/h2-9,13,19-22,25H,10-12H2,1H3,(H,23,24)/t13-,19+/m0/s1. The third-order valence-electron chi connectivity index (χ3n) is 3.99. The molecule has 0 saturated heterocycles. The fourth-order valence-corrected chi connectivity index (χ4v) is 2.48. The Hall–Kier alpha value is -2.57. The second-order valence-corrected chi connectivity index (χ2v) is 5.97. The summed E-state index contributed by atoms with van der Waals surface area (Å²) in [6, 6.07) is 14.0. The van der Waals surface area contributed by atoms with Gasteiger partial charge in [-0.2, -0.15) is 0 Å². The van der Waals surface area contributed by atoms with Crippen molar-refractivity contribution in [1.82, 2.24) is 5.32 Å². The molecule has 0 bridgehead atoms. The number of hydrogen-bond acceptors (Lipinski definition) is 5. The maximum atomic E-state index is 10.5. The maximum Gasteiger partial charge on any atom is 0.322 e. The van der Waals surface area contributed by atoms with Crippen molar-refractivity contribution >= 4 is 11.7 Å². The first-order valence-corrected chi connectivity index (χ1v) is 8.20. The van der Waals surface area contributed by atoms with Gasteiger partial charge in [-0.25, -0.2) is 0 Å². The van der Waals surface area contributed by atoms with Gasteiger partial charge in [0.2, 0.25) is 0 Å². The number of aliphatic carboxylic acids is 1. The van der Waals surface area contributed by atoms with E-state index in [1.54, 1.807) is 24.3 Å². The van der Waals surface area contributed by atoms with Gasteiger partial charge in [0.15, 0.2) is 0 Å². The minimum atomic E-state index is -0.894. The summed E-state index contributed by atoms with van der Waals surface area (Å²) in [5.74, 6) is -0.715. The molecule has 0 aliphatic heterocycles. The molecule has 0 unspecified atom stereocenters. The number of aliphatic hydroxyl groups excluding tert-OH is 1. The SMILES string of the molecule is C[C@H](NCCc1ccc(NCC(=O)O)cc1)[C@@H](O)c1ccc(O)cc1. The number of carboxylic acids is 1. The smallest absolute Gasteiger partial charge is 0.322 e. The summed E-state index contributed by atoms with van der Waals surface area (Å²) in [4.78, 5) is 10.5. The average molecular weight is 344 g/mol. The van der Waals surface area contributed by atoms with E-state index in [-0.39, 0.29) is 18.3 Å². The van der Waals surface area contributed by atoms with Crippen LogP contribution < -0.4 is 10.6 Å². The molecule has 0 heterocycles. The van der Waals surface area contributed by atoms with Crippen LogP contribution in [0.3, 0.4) is 0 Å². The normalized spacial score (nSPS) is 13.2. The monoisotopic (exact) mass is 344 g/mol. The lowest BCUT2D eigenvalue weighted by atomic mass is 10.0. The molecule has 0 spiro atoms. The van der Waals surface area contributed by atoms with Crippen molar-refractivity contribution in [3.8, 4) is 5.75 Å². The van der Waals surface area contributed by atoms with Crippen LogP contribution in [0.25, 0.3) is 0 Å². The summed E-state index contributed by atoms with van der Waals surface area (Å²) in [6.45, 7) is 2.52. The molecule has 0 saturated carbocycles. The van der Waals surface area contributed by atoms with E-state index in [1.165, 1.54) is 0 Å². The fraction of sp³-hybridized carbons (Fsp3) is 0.316. The number of aliphatic hydroxyl groups is 1. The lowest BCUT2D eigenvalue weighted by Gasteiger charge is -2.21. The van der Waals surface area contributed by atoms with Crippen LogP contribution >= 0.6 is 0 Å². The Labute approximate surface area is 147 Å². The van der Waals surface area contributed by atoms with Crippen LogP contribution in [0.4, 0.5) is 5.69 Å². The summed E-state index contributed by atoms with van der Waals surface area (Å²) in [5.41, 5.74) is 2.65. The number of anilines is 1. The summed E-state index contributed by atoms with van der Waals surface area (Å²) >= 11 is 0. The molecule has 0 aliphatic rings. The van der Waals surface area contributed by atoms with Crippen molar-refractivity contribution in [2.24, 2.45) is 0 Å². The molecule has 6 heteroatoms. The summed E-state index contributed by atoms with van der Waals surface area (Å²) in [5, 5.41) is 34.4. The van der Waals surface area contributed by atoms with E-state index in [9.17, 15) is 15.0 Å². The molecule has 2 atom stereocenters. The first-order valence-electron chi connectivity index (χ1n) is 8.20. The largest absolute Gasteiger partial charge is 0.508 e. The molecular weight excluding hydrogens is 320 g/mol. The van der Waals surface area contributed by atoms with Crippen LogP contribution in [0.5, 0.6) is 5.75 Å². The van der Waals surface area contributed by atoms with Crippen LogP contribution in [0, 0.1) is 0 Å². The van der Waals surface area contributed by atoms with E-state index >= 15 is 0 Å². The molecule has 5 N–H and O–H groups in total. The Morgan fingerprint density at radius 2 is 1.72 bits per heavy atom. The number of phenolic OH excluding ortho intramolecular Hbond substituents is 1. The Balaban J connectivity index is 1.77. The maximum absolute atomic E-state index is 10.5. The van der Waals surface area contributed by atoms with Crippen LogP contribution in [0.15, 0.2) is 48.5 Å². The van der Waals surface area contributed by atoms with E-state index < -0.39 is 12.1 Å². The van der Waals surface area contributed by atoms with Crippen LogP contribution in [0.1, 0.15) is 24.2 Å². The van der Waals surface area contributed by atoms with Gasteiger partial charge in [0.1, 0.15) is 12.3 Å². The van der Waals surface area contributed by atoms with Gasteiger partial charge in [0.25, 0.3) is 0 Å². The Bertz CT molecular complexity index is 671. The molecular formula is C19H24N2O4. The van der Waals surface area contributed by atoms with Gasteiger partial charge >= 0.3 is 5.97 Å². The Morgan fingerprint density at radius 3 is 2.32 bits per heavy atom. The van der Waals surface area contributed by atoms with Gasteiger partial charge in [-0.15, -0.1) is 0 Å². The molecule has 0 radical (unpaired) electrons. The second kappa shape index (κ2) is 9.05. The zero-order valence-corrected chi connectivity index (χ0v) is 14.1. The molecule has 2 aromatic rings. The van der Waals surface area contributed by atoms with Crippen LogP contribution in [-0.2, 0) is 11.2 Å². The predicted octanol–water partition coefficient (Wildman–Crippen LogP) is 2.14. The van der Waals surface area contributed by atoms with Gasteiger partial charge in [-0.3, -0.25) is 4.79 Å². The molecule has 25 heavy (non-hydrogen) atoms. The second-order valence-electron chi connectivity index (χ2n) is 5.97. The highest BCUT2D eigenvalue weighted by Crippen LogP contribution is 2.19. The average Bonchev–Trinajstić information content (AvgIpc) is 2.61. The number of benzene rings is 2. The molecule has 0 aliphatic carbocycles. The number of rotatable bonds is 9. The van der Waals surface area contributed by atoms with Crippen molar-refractivity contribution < 1.29 is 20.1 Å². The number of phenols is 1. The summed E-state index contributed by atoms with van der Waals surface area (Å²) < 4.78 is 0. The number of nitrogens with one attached hydrogen (secondary N) is 2. The van der Waals surface area contributed by atoms with E-state index in [2.05, 4.69) is 10.6 Å². The Kier molecular flexibility index (Phi) is 6.80. The predicted molar refractivity (Wildman–Crippen MR) is 96.8 cm³/mol. The van der Waals surface area contributed by atoms with Crippen molar-refractivity contribution in [3.63, 3.8) is 0 Å². The third-order valence-corrected chi connectivity index (χ3v) is 3.99. The number of carbonyl (C=O) groups is 1. The molecule has 2 rings (SSSR count). The highest BCUT2D eigenvalue weighted by molar-refractivity contribution is 5.72. The summed E-state index contributed by atoms with van der Waals surface area (Å²) in [6.07, 6.45) is 0.148. The topological polar surface area (TPSA) is 102 Å². The molecule has 134 valence electrons. The van der Waals surface area contributed by atoms with E-state index in [1.807, 2.05) is 31.2 Å². The van der Waals surface area contributed by atoms with Crippen molar-refractivity contribution in [2.75, 3.05) is 18.4 Å². The van der Waals surface area contributed by atoms with E-state index in [0.717, 1.165) is 23.2 Å². The molecule has 2 aromatic carbocycles. The first kappa shape index (κ1) is 18.8. The van der Waals surface area contributed by atoms with Gasteiger partial charge < -0.3 is 26.0 Å². The fourth-order valence-electron chi connectivity index (χ4n) is 2.48. The zero-order valence-electron chi connectivity index (χ0n) is 14.1. The number of aromatic hydroxyl groups is 1. The minimum Gasteiger partial charge on any atom is -0.508 e. The van der Waals surface area contributed by atoms with Gasteiger partial charge in [-0.1, -0.05) is 24.3 Å². The van der Waals surface area contributed by atoms with Crippen molar-refractivity contribution in [1.29, 1.82) is 0 Å². The molecule has 6 nitrogen and oxygen atoms in total. The van der Waals surface area contributed by atoms with Crippen LogP contribution in [-0.4, -0.2) is 40.4 Å². The van der Waals surface area contributed by atoms with Crippen molar-refractivity contribution in [3.05, 3.63) is 59.7 Å². The summed E-state index contributed by atoms with van der Waals surface area (Å²) in [7, 11) is 0. The lowest BCUT2D eigenvalue weighted by molar-refractivity contribution is -0.134. The Morgan fingerprint density at radius 1 is 1.08 bits per heavy atom. The highest BCUT2D eigenvalue weighted by atomic mass is 16.4. The highest BCUT2D eigenvalue weighted by Gasteiger charge is 2.15. The zero-order chi connectivity index (χ0) is 18.2. The minimum absolute atomic E-state index is 0.104. The van der Waals surface area contributed by atoms with Crippen molar-refractivity contribution in [2.45, 2.75) is 25.5 Å². The van der Waals surface area contributed by atoms with Crippen LogP contribution in [0.2, 0.25) is 0 Å². The number of hydrogen-bond donors (Lipinski definition) is 5. The molecule has 0 aromatic heterocycles. The third kappa shape index (κ3) is 6.10. The van der Waals surface area contributed by atoms with E-state index in [0.29, 0.717) is 6.54 Å². The lowest BCUT2D eigenvalue weighted by Crippen LogP contribution is -2.33. The number of carboxylic acid groups (broad SMARTS) is 1. The quantitative estimate of drug-likeness (QED) is 0.478. The molecule has 0 amide bonds.